The molecule has 18 heavy (non-hydrogen) atoms. The number of aryl methyl sites for hydroxylation is 2. The Morgan fingerprint density at radius 1 is 1.50 bits per heavy atom. The first-order valence-electron chi connectivity index (χ1n) is 6.60. The van der Waals surface area contributed by atoms with Crippen LogP contribution >= 0.6 is 0 Å². The quantitative estimate of drug-likeness (QED) is 0.832. The zero-order valence-electron chi connectivity index (χ0n) is 11.4. The number of carbonyl (C=O) groups is 1. The predicted molar refractivity (Wildman–Crippen MR) is 70.4 cm³/mol. The summed E-state index contributed by atoms with van der Waals surface area (Å²) in [6.07, 6.45) is 3.21. The van der Waals surface area contributed by atoms with E-state index in [1.165, 1.54) is 0 Å². The van der Waals surface area contributed by atoms with Crippen molar-refractivity contribution in [2.45, 2.75) is 52.1 Å². The van der Waals surface area contributed by atoms with Crippen LogP contribution in [-0.4, -0.2) is 39.6 Å². The number of aromatic nitrogens is 2. The Labute approximate surface area is 108 Å². The molecule has 2 heterocycles. The number of nitrogens with zero attached hydrogens (tertiary/aromatic N) is 2. The number of likely N-dealkylation sites (tertiary alicyclic amines) is 1. The summed E-state index contributed by atoms with van der Waals surface area (Å²) in [5.74, 6) is 0.0701. The summed E-state index contributed by atoms with van der Waals surface area (Å²) in [7, 11) is 0. The lowest BCUT2D eigenvalue weighted by molar-refractivity contribution is 0.0582. The Balaban J connectivity index is 2.26. The van der Waals surface area contributed by atoms with Gasteiger partial charge in [0.1, 0.15) is 0 Å². The summed E-state index contributed by atoms with van der Waals surface area (Å²) in [4.78, 5) is 14.6. The van der Waals surface area contributed by atoms with E-state index in [1.54, 1.807) is 0 Å². The Bertz CT molecular complexity index is 419. The second kappa shape index (κ2) is 5.10. The Morgan fingerprint density at radius 2 is 2.22 bits per heavy atom. The summed E-state index contributed by atoms with van der Waals surface area (Å²) in [5, 5.41) is 6.97. The Kier molecular flexibility index (Phi) is 3.71. The highest BCUT2D eigenvalue weighted by molar-refractivity contribution is 5.96. The zero-order valence-corrected chi connectivity index (χ0v) is 11.4. The molecule has 2 unspecified atom stereocenters. The molecule has 2 rings (SSSR count). The van der Waals surface area contributed by atoms with Crippen molar-refractivity contribution >= 4 is 5.91 Å². The second-order valence-electron chi connectivity index (χ2n) is 5.23. The fourth-order valence-corrected chi connectivity index (χ4v) is 2.77. The topological polar surface area (TPSA) is 75.0 Å². The van der Waals surface area contributed by atoms with Gasteiger partial charge in [0.05, 0.1) is 11.3 Å². The standard InChI is InChI=1S/C13H22N4O/c1-8(14)11-6-4-5-7-17(11)13(18)12-9(2)15-16-10(12)3/h8,11H,4-7,14H2,1-3H3,(H,15,16). The number of H-pyrrole nitrogens is 1. The van der Waals surface area contributed by atoms with E-state index in [0.717, 1.165) is 37.2 Å². The average molecular weight is 250 g/mol. The molecule has 1 aromatic rings. The van der Waals surface area contributed by atoms with Gasteiger partial charge in [0.25, 0.3) is 5.91 Å². The van der Waals surface area contributed by atoms with Crippen molar-refractivity contribution in [2.75, 3.05) is 6.54 Å². The van der Waals surface area contributed by atoms with Crippen molar-refractivity contribution in [1.82, 2.24) is 15.1 Å². The van der Waals surface area contributed by atoms with Gasteiger partial charge in [-0.15, -0.1) is 0 Å². The van der Waals surface area contributed by atoms with Crippen molar-refractivity contribution in [1.29, 1.82) is 0 Å². The van der Waals surface area contributed by atoms with Crippen LogP contribution in [0.25, 0.3) is 0 Å². The van der Waals surface area contributed by atoms with Crippen molar-refractivity contribution < 1.29 is 4.79 Å². The van der Waals surface area contributed by atoms with Gasteiger partial charge in [0.15, 0.2) is 0 Å². The van der Waals surface area contributed by atoms with Gasteiger partial charge in [-0.25, -0.2) is 0 Å². The zero-order chi connectivity index (χ0) is 13.3. The first-order valence-corrected chi connectivity index (χ1v) is 6.60. The van der Waals surface area contributed by atoms with Gasteiger partial charge >= 0.3 is 0 Å². The fourth-order valence-electron chi connectivity index (χ4n) is 2.77. The van der Waals surface area contributed by atoms with Crippen LogP contribution in [0.4, 0.5) is 0 Å². The van der Waals surface area contributed by atoms with Crippen molar-refractivity contribution in [3.63, 3.8) is 0 Å². The molecule has 5 heteroatoms. The van der Waals surface area contributed by atoms with E-state index < -0.39 is 0 Å². The van der Waals surface area contributed by atoms with Crippen LogP contribution < -0.4 is 5.73 Å². The monoisotopic (exact) mass is 250 g/mol. The third kappa shape index (κ3) is 2.27. The normalized spacial score (nSPS) is 22.0. The smallest absolute Gasteiger partial charge is 0.257 e. The highest BCUT2D eigenvalue weighted by Gasteiger charge is 2.31. The van der Waals surface area contributed by atoms with E-state index >= 15 is 0 Å². The lowest BCUT2D eigenvalue weighted by Gasteiger charge is -2.38. The minimum atomic E-state index is 0.0155. The maximum Gasteiger partial charge on any atom is 0.257 e. The molecule has 1 fully saturated rings. The summed E-state index contributed by atoms with van der Waals surface area (Å²) in [6, 6.07) is 0.168. The Morgan fingerprint density at radius 3 is 2.78 bits per heavy atom. The molecule has 0 aliphatic carbocycles. The molecule has 0 aromatic carbocycles. The van der Waals surface area contributed by atoms with Gasteiger partial charge in [-0.1, -0.05) is 0 Å². The first-order chi connectivity index (χ1) is 8.52. The summed E-state index contributed by atoms with van der Waals surface area (Å²) < 4.78 is 0. The van der Waals surface area contributed by atoms with Crippen LogP contribution in [0.2, 0.25) is 0 Å². The van der Waals surface area contributed by atoms with E-state index in [2.05, 4.69) is 10.2 Å². The minimum Gasteiger partial charge on any atom is -0.334 e. The number of rotatable bonds is 2. The number of carbonyl (C=O) groups excluding carboxylic acids is 1. The lowest BCUT2D eigenvalue weighted by atomic mass is 9.96. The first kappa shape index (κ1) is 13.1. The molecule has 5 nitrogen and oxygen atoms in total. The molecule has 2 atom stereocenters. The largest absolute Gasteiger partial charge is 0.334 e. The van der Waals surface area contributed by atoms with Gasteiger partial charge in [-0.2, -0.15) is 5.10 Å². The van der Waals surface area contributed by atoms with E-state index in [9.17, 15) is 4.79 Å². The number of aromatic amines is 1. The number of amides is 1. The predicted octanol–water partition coefficient (Wildman–Crippen LogP) is 1.37. The van der Waals surface area contributed by atoms with Crippen LogP contribution in [0.1, 0.15) is 47.9 Å². The number of nitrogens with one attached hydrogen (secondary N) is 1. The molecule has 100 valence electrons. The molecule has 1 saturated heterocycles. The van der Waals surface area contributed by atoms with Crippen LogP contribution in [-0.2, 0) is 0 Å². The summed E-state index contributed by atoms with van der Waals surface area (Å²) in [5.41, 5.74) is 8.33. The van der Waals surface area contributed by atoms with Crippen LogP contribution in [0.5, 0.6) is 0 Å². The molecule has 1 amide bonds. The fraction of sp³-hybridized carbons (Fsp3) is 0.692. The maximum atomic E-state index is 12.6. The van der Waals surface area contributed by atoms with E-state index in [-0.39, 0.29) is 18.0 Å². The number of hydrogen-bond acceptors (Lipinski definition) is 3. The van der Waals surface area contributed by atoms with Gasteiger partial charge in [0, 0.05) is 24.3 Å². The van der Waals surface area contributed by atoms with Crippen molar-refractivity contribution in [2.24, 2.45) is 5.73 Å². The molecule has 0 bridgehead atoms. The van der Waals surface area contributed by atoms with Crippen LogP contribution in [0.15, 0.2) is 0 Å². The lowest BCUT2D eigenvalue weighted by Crippen LogP contribution is -2.51. The van der Waals surface area contributed by atoms with E-state index in [4.69, 9.17) is 5.73 Å². The molecule has 0 spiro atoms. The average Bonchev–Trinajstić information content (AvgIpc) is 2.68. The van der Waals surface area contributed by atoms with Gasteiger partial charge in [-0.05, 0) is 40.0 Å². The third-order valence-corrected chi connectivity index (χ3v) is 3.76. The number of nitrogens with two attached hydrogens (primary N) is 1. The van der Waals surface area contributed by atoms with E-state index in [0.29, 0.717) is 5.56 Å². The molecular weight excluding hydrogens is 228 g/mol. The molecule has 1 aromatic heterocycles. The SMILES string of the molecule is Cc1n[nH]c(C)c1C(=O)N1CCCCC1C(C)N. The van der Waals surface area contributed by atoms with Crippen molar-refractivity contribution in [3.8, 4) is 0 Å². The summed E-state index contributed by atoms with van der Waals surface area (Å²) in [6.45, 7) is 6.53. The highest BCUT2D eigenvalue weighted by atomic mass is 16.2. The maximum absolute atomic E-state index is 12.6. The van der Waals surface area contributed by atoms with Crippen LogP contribution in [0.3, 0.4) is 0 Å². The highest BCUT2D eigenvalue weighted by Crippen LogP contribution is 2.23. The second-order valence-corrected chi connectivity index (χ2v) is 5.23. The molecule has 1 aliphatic heterocycles. The number of piperidine rings is 1. The summed E-state index contributed by atoms with van der Waals surface area (Å²) >= 11 is 0. The third-order valence-electron chi connectivity index (χ3n) is 3.76. The molecule has 0 radical (unpaired) electrons. The minimum absolute atomic E-state index is 0.0155. The molecule has 3 N–H and O–H groups in total. The molecular formula is C13H22N4O. The van der Waals surface area contributed by atoms with Crippen molar-refractivity contribution in [3.05, 3.63) is 17.0 Å². The number of hydrogen-bond donors (Lipinski definition) is 2. The molecule has 0 saturated carbocycles. The molecule has 1 aliphatic rings. The van der Waals surface area contributed by atoms with Gasteiger partial charge < -0.3 is 10.6 Å². The van der Waals surface area contributed by atoms with Crippen LogP contribution in [0, 0.1) is 13.8 Å². The van der Waals surface area contributed by atoms with Gasteiger partial charge in [0.2, 0.25) is 0 Å². The van der Waals surface area contributed by atoms with E-state index in [1.807, 2.05) is 25.7 Å². The Hall–Kier alpha value is -1.36. The van der Waals surface area contributed by atoms with Gasteiger partial charge in [-0.3, -0.25) is 9.89 Å².